The molecule has 0 saturated carbocycles. The van der Waals surface area contributed by atoms with Gasteiger partial charge in [0.2, 0.25) is 0 Å². The SMILES string of the molecule is CN(C(=O)c1ccc(Cl)cc1)c1cc(Cl)ccc1N. The summed E-state index contributed by atoms with van der Waals surface area (Å²) in [5.41, 5.74) is 7.46. The largest absolute Gasteiger partial charge is 0.397 e. The van der Waals surface area contributed by atoms with Crippen LogP contribution in [0.1, 0.15) is 10.4 Å². The van der Waals surface area contributed by atoms with Crippen LogP contribution < -0.4 is 10.6 Å². The molecule has 5 heteroatoms. The molecule has 3 nitrogen and oxygen atoms in total. The molecule has 2 rings (SSSR count). The Kier molecular flexibility index (Phi) is 3.98. The summed E-state index contributed by atoms with van der Waals surface area (Å²) in [7, 11) is 1.65. The molecule has 0 fully saturated rings. The summed E-state index contributed by atoms with van der Waals surface area (Å²) in [4.78, 5) is 13.8. The normalized spacial score (nSPS) is 10.3. The monoisotopic (exact) mass is 294 g/mol. The van der Waals surface area contributed by atoms with Crippen molar-refractivity contribution in [3.8, 4) is 0 Å². The number of nitrogen functional groups attached to an aromatic ring is 1. The minimum Gasteiger partial charge on any atom is -0.397 e. The first kappa shape index (κ1) is 13.7. The topological polar surface area (TPSA) is 46.3 Å². The van der Waals surface area contributed by atoms with E-state index in [1.807, 2.05) is 0 Å². The number of hydrogen-bond donors (Lipinski definition) is 1. The number of nitrogens with zero attached hydrogens (tertiary/aromatic N) is 1. The molecule has 2 aromatic rings. The lowest BCUT2D eigenvalue weighted by molar-refractivity contribution is 0.0993. The van der Waals surface area contributed by atoms with E-state index in [4.69, 9.17) is 28.9 Å². The number of carbonyl (C=O) groups excluding carboxylic acids is 1. The summed E-state index contributed by atoms with van der Waals surface area (Å²) in [6.45, 7) is 0. The molecule has 0 heterocycles. The zero-order valence-electron chi connectivity index (χ0n) is 10.2. The molecule has 0 aliphatic carbocycles. The number of nitrogens with two attached hydrogens (primary N) is 1. The molecule has 0 unspecified atom stereocenters. The van der Waals surface area contributed by atoms with Crippen LogP contribution in [0.5, 0.6) is 0 Å². The van der Waals surface area contributed by atoms with Crippen molar-refractivity contribution < 1.29 is 4.79 Å². The third kappa shape index (κ3) is 3.00. The van der Waals surface area contributed by atoms with E-state index >= 15 is 0 Å². The summed E-state index contributed by atoms with van der Waals surface area (Å²) >= 11 is 11.7. The summed E-state index contributed by atoms with van der Waals surface area (Å²) in [5.74, 6) is -0.175. The standard InChI is InChI=1S/C14H12Cl2N2O/c1-18(13-8-11(16)6-7-12(13)17)14(19)9-2-4-10(15)5-3-9/h2-8H,17H2,1H3. The Hall–Kier alpha value is -1.71. The molecule has 0 aliphatic heterocycles. The summed E-state index contributed by atoms with van der Waals surface area (Å²) < 4.78 is 0. The molecule has 0 atom stereocenters. The lowest BCUT2D eigenvalue weighted by Crippen LogP contribution is -2.26. The van der Waals surface area contributed by atoms with Gasteiger partial charge in [-0.25, -0.2) is 0 Å². The van der Waals surface area contributed by atoms with E-state index < -0.39 is 0 Å². The smallest absolute Gasteiger partial charge is 0.258 e. The zero-order valence-corrected chi connectivity index (χ0v) is 11.7. The molecule has 0 saturated heterocycles. The van der Waals surface area contributed by atoms with Gasteiger partial charge in [0.15, 0.2) is 0 Å². The van der Waals surface area contributed by atoms with Crippen LogP contribution in [0.25, 0.3) is 0 Å². The van der Waals surface area contributed by atoms with E-state index in [1.54, 1.807) is 49.5 Å². The van der Waals surface area contributed by atoms with Crippen molar-refractivity contribution in [1.82, 2.24) is 0 Å². The zero-order chi connectivity index (χ0) is 14.0. The Morgan fingerprint density at radius 3 is 2.26 bits per heavy atom. The molecular weight excluding hydrogens is 283 g/mol. The van der Waals surface area contributed by atoms with Gasteiger partial charge in [-0.2, -0.15) is 0 Å². The van der Waals surface area contributed by atoms with E-state index in [0.717, 1.165) is 0 Å². The Balaban J connectivity index is 2.33. The molecule has 2 aromatic carbocycles. The van der Waals surface area contributed by atoms with E-state index in [1.165, 1.54) is 4.90 Å². The molecule has 0 aromatic heterocycles. The van der Waals surface area contributed by atoms with Crippen molar-refractivity contribution in [3.63, 3.8) is 0 Å². The minimum atomic E-state index is -0.175. The fraction of sp³-hybridized carbons (Fsp3) is 0.0714. The van der Waals surface area contributed by atoms with E-state index in [0.29, 0.717) is 27.0 Å². The summed E-state index contributed by atoms with van der Waals surface area (Å²) in [6, 6.07) is 11.7. The summed E-state index contributed by atoms with van der Waals surface area (Å²) in [6.07, 6.45) is 0. The lowest BCUT2D eigenvalue weighted by Gasteiger charge is -2.19. The van der Waals surface area contributed by atoms with Gasteiger partial charge in [-0.1, -0.05) is 23.2 Å². The number of amides is 1. The number of hydrogen-bond acceptors (Lipinski definition) is 2. The second-order valence-corrected chi connectivity index (χ2v) is 4.95. The van der Waals surface area contributed by atoms with Crippen LogP contribution in [0.3, 0.4) is 0 Å². The van der Waals surface area contributed by atoms with Crippen molar-refractivity contribution in [2.45, 2.75) is 0 Å². The number of benzene rings is 2. The number of halogens is 2. The van der Waals surface area contributed by atoms with Crippen LogP contribution in [0.2, 0.25) is 10.0 Å². The molecule has 2 N–H and O–H groups in total. The van der Waals surface area contributed by atoms with Gasteiger partial charge in [-0.05, 0) is 42.5 Å². The first-order valence-electron chi connectivity index (χ1n) is 5.57. The second-order valence-electron chi connectivity index (χ2n) is 4.07. The van der Waals surface area contributed by atoms with Crippen LogP contribution in [-0.4, -0.2) is 13.0 Å². The van der Waals surface area contributed by atoms with Crippen LogP contribution >= 0.6 is 23.2 Å². The fourth-order valence-electron chi connectivity index (χ4n) is 1.70. The minimum absolute atomic E-state index is 0.175. The maximum Gasteiger partial charge on any atom is 0.258 e. The van der Waals surface area contributed by atoms with Gasteiger partial charge in [0.05, 0.1) is 11.4 Å². The predicted molar refractivity (Wildman–Crippen MR) is 80.0 cm³/mol. The molecule has 0 radical (unpaired) electrons. The molecule has 0 spiro atoms. The third-order valence-corrected chi connectivity index (χ3v) is 3.24. The van der Waals surface area contributed by atoms with E-state index in [9.17, 15) is 4.79 Å². The Morgan fingerprint density at radius 1 is 1.05 bits per heavy atom. The molecule has 19 heavy (non-hydrogen) atoms. The number of anilines is 2. The van der Waals surface area contributed by atoms with Crippen LogP contribution in [0.15, 0.2) is 42.5 Å². The Labute approximate surface area is 121 Å². The van der Waals surface area contributed by atoms with Crippen molar-refractivity contribution >= 4 is 40.5 Å². The van der Waals surface area contributed by atoms with E-state index in [-0.39, 0.29) is 5.91 Å². The highest BCUT2D eigenvalue weighted by molar-refractivity contribution is 6.31. The van der Waals surface area contributed by atoms with E-state index in [2.05, 4.69) is 0 Å². The average molecular weight is 295 g/mol. The van der Waals surface area contributed by atoms with Gasteiger partial charge in [-0.15, -0.1) is 0 Å². The highest BCUT2D eigenvalue weighted by Crippen LogP contribution is 2.27. The van der Waals surface area contributed by atoms with Gasteiger partial charge in [0.25, 0.3) is 5.91 Å². The highest BCUT2D eigenvalue weighted by atomic mass is 35.5. The van der Waals surface area contributed by atoms with Crippen molar-refractivity contribution in [2.75, 3.05) is 17.7 Å². The van der Waals surface area contributed by atoms with Gasteiger partial charge in [0.1, 0.15) is 0 Å². The first-order chi connectivity index (χ1) is 8.99. The lowest BCUT2D eigenvalue weighted by atomic mass is 10.2. The van der Waals surface area contributed by atoms with Crippen LogP contribution in [0, 0.1) is 0 Å². The third-order valence-electron chi connectivity index (χ3n) is 2.75. The molecule has 0 aliphatic rings. The van der Waals surface area contributed by atoms with Gasteiger partial charge < -0.3 is 10.6 Å². The van der Waals surface area contributed by atoms with Crippen molar-refractivity contribution in [3.05, 3.63) is 58.1 Å². The van der Waals surface area contributed by atoms with Crippen molar-refractivity contribution in [2.24, 2.45) is 0 Å². The highest BCUT2D eigenvalue weighted by Gasteiger charge is 2.15. The molecule has 0 bridgehead atoms. The number of carbonyl (C=O) groups is 1. The van der Waals surface area contributed by atoms with Crippen LogP contribution in [-0.2, 0) is 0 Å². The Morgan fingerprint density at radius 2 is 1.63 bits per heavy atom. The van der Waals surface area contributed by atoms with Gasteiger partial charge in [0, 0.05) is 22.7 Å². The van der Waals surface area contributed by atoms with Crippen molar-refractivity contribution in [1.29, 1.82) is 0 Å². The molecule has 98 valence electrons. The summed E-state index contributed by atoms with van der Waals surface area (Å²) in [5, 5.41) is 1.11. The van der Waals surface area contributed by atoms with Gasteiger partial charge >= 0.3 is 0 Å². The van der Waals surface area contributed by atoms with Gasteiger partial charge in [-0.3, -0.25) is 4.79 Å². The molecule has 1 amide bonds. The number of rotatable bonds is 2. The van der Waals surface area contributed by atoms with Crippen LogP contribution in [0.4, 0.5) is 11.4 Å². The average Bonchev–Trinajstić information content (AvgIpc) is 2.41. The maximum atomic E-state index is 12.3. The first-order valence-corrected chi connectivity index (χ1v) is 6.33. The quantitative estimate of drug-likeness (QED) is 0.855. The predicted octanol–water partition coefficient (Wildman–Crippen LogP) is 3.85. The Bertz CT molecular complexity index is 611. The fourth-order valence-corrected chi connectivity index (χ4v) is 2.00. The maximum absolute atomic E-state index is 12.3. The molecular formula is C14H12Cl2N2O. The second kappa shape index (κ2) is 5.51.